The van der Waals surface area contributed by atoms with Gasteiger partial charge in [0.15, 0.2) is 5.43 Å². The maximum absolute atomic E-state index is 12.8. The Hall–Kier alpha value is -3.87. The van der Waals surface area contributed by atoms with E-state index in [4.69, 9.17) is 27.6 Å². The highest BCUT2D eigenvalue weighted by Gasteiger charge is 2.13. The quantitative estimate of drug-likeness (QED) is 0.190. The Bertz CT molecular complexity index is 1580. The van der Waals surface area contributed by atoms with E-state index in [2.05, 4.69) is 10.5 Å². The van der Waals surface area contributed by atoms with Crippen LogP contribution in [-0.4, -0.2) is 16.7 Å². The molecule has 0 aliphatic heterocycles. The number of amides is 1. The van der Waals surface area contributed by atoms with Crippen LogP contribution in [0.4, 0.5) is 0 Å². The number of halogens is 2. The molecule has 0 spiro atoms. The molecule has 1 amide bonds. The highest BCUT2D eigenvalue weighted by atomic mass is 35.5. The molecule has 3 aromatic carbocycles. The summed E-state index contributed by atoms with van der Waals surface area (Å²) in [6.45, 7) is -0.0115. The van der Waals surface area contributed by atoms with Crippen LogP contribution in [0.3, 0.4) is 0 Å². The predicted molar refractivity (Wildman–Crippen MR) is 136 cm³/mol. The predicted octanol–water partition coefficient (Wildman–Crippen LogP) is 5.87. The minimum Gasteiger partial charge on any atom is -0.455 e. The first-order chi connectivity index (χ1) is 16.5. The number of aromatic nitrogens is 1. The van der Waals surface area contributed by atoms with Crippen molar-refractivity contribution in [2.45, 2.75) is 6.54 Å². The summed E-state index contributed by atoms with van der Waals surface area (Å²) < 4.78 is 7.56. The number of carbonyl (C=O) groups excluding carboxylic acids is 1. The van der Waals surface area contributed by atoms with E-state index in [9.17, 15) is 9.59 Å². The van der Waals surface area contributed by atoms with Crippen LogP contribution in [0, 0.1) is 0 Å². The normalized spacial score (nSPS) is 11.5. The molecule has 5 aromatic rings. The van der Waals surface area contributed by atoms with Crippen molar-refractivity contribution in [1.82, 2.24) is 9.99 Å². The number of carbonyl (C=O) groups is 1. The van der Waals surface area contributed by atoms with Crippen molar-refractivity contribution >= 4 is 57.1 Å². The minimum absolute atomic E-state index is 0.0115. The molecule has 1 N–H and O–H groups in total. The summed E-state index contributed by atoms with van der Waals surface area (Å²) in [6, 6.07) is 23.1. The summed E-state index contributed by atoms with van der Waals surface area (Å²) in [5, 5.41) is 6.13. The van der Waals surface area contributed by atoms with Gasteiger partial charge in [-0.1, -0.05) is 47.5 Å². The molecule has 5 rings (SSSR count). The van der Waals surface area contributed by atoms with Crippen LogP contribution in [0.5, 0.6) is 0 Å². The lowest BCUT2D eigenvalue weighted by Crippen LogP contribution is -2.25. The fourth-order valence-corrected chi connectivity index (χ4v) is 4.35. The first-order valence-corrected chi connectivity index (χ1v) is 11.1. The van der Waals surface area contributed by atoms with Crippen molar-refractivity contribution in [2.75, 3.05) is 0 Å². The lowest BCUT2D eigenvalue weighted by Gasteiger charge is -2.14. The fourth-order valence-electron chi connectivity index (χ4n) is 3.85. The van der Waals surface area contributed by atoms with Gasteiger partial charge in [-0.2, -0.15) is 5.10 Å². The Kier molecular flexibility index (Phi) is 5.92. The van der Waals surface area contributed by atoms with Gasteiger partial charge in [-0.25, -0.2) is 5.43 Å². The van der Waals surface area contributed by atoms with Gasteiger partial charge in [0.25, 0.3) is 5.91 Å². The molecule has 0 bridgehead atoms. The Morgan fingerprint density at radius 3 is 2.29 bits per heavy atom. The topological polar surface area (TPSA) is 76.6 Å². The van der Waals surface area contributed by atoms with Gasteiger partial charge in [-0.05, 0) is 54.6 Å². The Morgan fingerprint density at radius 2 is 1.62 bits per heavy atom. The first kappa shape index (κ1) is 21.9. The Morgan fingerprint density at radius 1 is 0.941 bits per heavy atom. The molecule has 0 saturated heterocycles. The molecule has 8 heteroatoms. The smallest absolute Gasteiger partial charge is 0.260 e. The second-order valence-corrected chi connectivity index (χ2v) is 8.41. The third-order valence-electron chi connectivity index (χ3n) is 5.39. The van der Waals surface area contributed by atoms with Gasteiger partial charge in [-0.3, -0.25) is 9.59 Å². The average Bonchev–Trinajstić information content (AvgIpc) is 3.30. The second kappa shape index (κ2) is 9.17. The number of furan rings is 1. The zero-order valence-electron chi connectivity index (χ0n) is 17.7. The van der Waals surface area contributed by atoms with Crippen LogP contribution in [0.25, 0.3) is 33.1 Å². The number of para-hydroxylation sites is 2. The monoisotopic (exact) mass is 489 g/mol. The molecule has 168 valence electrons. The van der Waals surface area contributed by atoms with Crippen molar-refractivity contribution < 1.29 is 9.21 Å². The number of nitrogens with zero attached hydrogens (tertiary/aromatic N) is 2. The van der Waals surface area contributed by atoms with E-state index in [0.717, 1.165) is 0 Å². The molecule has 6 nitrogen and oxygen atoms in total. The average molecular weight is 490 g/mol. The molecule has 0 fully saturated rings. The summed E-state index contributed by atoms with van der Waals surface area (Å²) in [7, 11) is 0. The van der Waals surface area contributed by atoms with Gasteiger partial charge in [0.1, 0.15) is 18.1 Å². The summed E-state index contributed by atoms with van der Waals surface area (Å²) in [6.07, 6.45) is 1.41. The van der Waals surface area contributed by atoms with Crippen LogP contribution in [0.15, 0.2) is 93.2 Å². The van der Waals surface area contributed by atoms with E-state index in [0.29, 0.717) is 48.9 Å². The summed E-state index contributed by atoms with van der Waals surface area (Å²) in [5.41, 5.74) is 4.52. The highest BCUT2D eigenvalue weighted by Crippen LogP contribution is 2.31. The number of hydrogen-bond donors (Lipinski definition) is 1. The zero-order chi connectivity index (χ0) is 23.7. The SMILES string of the molecule is O=C(Cn1c2ccccc2c(=O)c2ccccc21)N/N=C\c1ccc(-c2ccc(Cl)cc2Cl)o1. The third-order valence-corrected chi connectivity index (χ3v) is 5.93. The first-order valence-electron chi connectivity index (χ1n) is 10.4. The maximum Gasteiger partial charge on any atom is 0.260 e. The standard InChI is InChI=1S/C26H17Cl2N3O3/c27-16-9-11-18(21(28)13-16)24-12-10-17(34-24)14-29-30-25(32)15-31-22-7-3-1-5-19(22)26(33)20-6-2-4-8-23(20)31/h1-14H,15H2,(H,30,32)/b29-14-. The van der Waals surface area contributed by atoms with E-state index in [1.54, 1.807) is 42.5 Å². The van der Waals surface area contributed by atoms with Gasteiger partial charge < -0.3 is 8.98 Å². The molecule has 2 heterocycles. The molecule has 0 unspecified atom stereocenters. The maximum atomic E-state index is 12.8. The van der Waals surface area contributed by atoms with Gasteiger partial charge in [0, 0.05) is 21.4 Å². The number of fused-ring (bicyclic) bond motifs is 2. The molecule has 34 heavy (non-hydrogen) atoms. The van der Waals surface area contributed by atoms with Crippen molar-refractivity contribution in [3.8, 4) is 11.3 Å². The number of hydrogen-bond acceptors (Lipinski definition) is 4. The highest BCUT2D eigenvalue weighted by molar-refractivity contribution is 6.36. The summed E-state index contributed by atoms with van der Waals surface area (Å²) >= 11 is 12.2. The van der Waals surface area contributed by atoms with E-state index in [1.807, 2.05) is 41.0 Å². The molecule has 0 aliphatic rings. The van der Waals surface area contributed by atoms with Gasteiger partial charge in [0.2, 0.25) is 0 Å². The van der Waals surface area contributed by atoms with Crippen LogP contribution >= 0.6 is 23.2 Å². The molecular formula is C26H17Cl2N3O3. The van der Waals surface area contributed by atoms with Crippen LogP contribution in [-0.2, 0) is 11.3 Å². The minimum atomic E-state index is -0.345. The van der Waals surface area contributed by atoms with Gasteiger partial charge in [-0.15, -0.1) is 0 Å². The molecule has 2 aromatic heterocycles. The molecule has 0 saturated carbocycles. The summed E-state index contributed by atoms with van der Waals surface area (Å²) in [5.74, 6) is 0.656. The van der Waals surface area contributed by atoms with E-state index >= 15 is 0 Å². The number of rotatable bonds is 5. The number of pyridine rings is 1. The van der Waals surface area contributed by atoms with Crippen LogP contribution in [0.1, 0.15) is 5.76 Å². The second-order valence-electron chi connectivity index (χ2n) is 7.57. The fraction of sp³-hybridized carbons (Fsp3) is 0.0385. The Labute approximate surface area is 204 Å². The number of nitrogens with one attached hydrogen (secondary N) is 1. The molecule has 0 atom stereocenters. The van der Waals surface area contributed by atoms with Crippen molar-refractivity contribution in [2.24, 2.45) is 5.10 Å². The van der Waals surface area contributed by atoms with E-state index in [1.165, 1.54) is 6.21 Å². The van der Waals surface area contributed by atoms with E-state index in [-0.39, 0.29) is 17.9 Å². The Balaban J connectivity index is 1.36. The molecule has 0 aliphatic carbocycles. The van der Waals surface area contributed by atoms with Crippen LogP contribution in [0.2, 0.25) is 10.0 Å². The molecule has 0 radical (unpaired) electrons. The number of benzene rings is 3. The van der Waals surface area contributed by atoms with Crippen molar-refractivity contribution in [3.05, 3.63) is 105 Å². The van der Waals surface area contributed by atoms with Gasteiger partial charge >= 0.3 is 0 Å². The molecular weight excluding hydrogens is 473 g/mol. The number of hydrazone groups is 1. The summed E-state index contributed by atoms with van der Waals surface area (Å²) in [4.78, 5) is 25.5. The third kappa shape index (κ3) is 4.21. The van der Waals surface area contributed by atoms with Gasteiger partial charge in [0.05, 0.1) is 22.3 Å². The van der Waals surface area contributed by atoms with E-state index < -0.39 is 0 Å². The lowest BCUT2D eigenvalue weighted by molar-refractivity contribution is -0.121. The zero-order valence-corrected chi connectivity index (χ0v) is 19.2. The van der Waals surface area contributed by atoms with Crippen molar-refractivity contribution in [1.29, 1.82) is 0 Å². The van der Waals surface area contributed by atoms with Crippen molar-refractivity contribution in [3.63, 3.8) is 0 Å². The van der Waals surface area contributed by atoms with Crippen LogP contribution < -0.4 is 10.9 Å². The lowest BCUT2D eigenvalue weighted by atomic mass is 10.1. The largest absolute Gasteiger partial charge is 0.455 e.